The normalized spacial score (nSPS) is 20.0. The molecule has 2 saturated heterocycles. The van der Waals surface area contributed by atoms with Crippen molar-refractivity contribution in [3.8, 4) is 0 Å². The van der Waals surface area contributed by atoms with Gasteiger partial charge < -0.3 is 20.1 Å². The van der Waals surface area contributed by atoms with Gasteiger partial charge in [0.15, 0.2) is 5.11 Å². The third-order valence-corrected chi connectivity index (χ3v) is 6.71. The first-order valence-corrected chi connectivity index (χ1v) is 11.9. The topological polar surface area (TPSA) is 76.6 Å². The number of fused-ring (bicyclic) bond motifs is 1. The Kier molecular flexibility index (Phi) is 5.93. The van der Waals surface area contributed by atoms with E-state index < -0.39 is 0 Å². The molecule has 0 aliphatic carbocycles. The van der Waals surface area contributed by atoms with Gasteiger partial charge in [0, 0.05) is 36.2 Å². The van der Waals surface area contributed by atoms with E-state index in [0.717, 1.165) is 58.5 Å². The Bertz CT molecular complexity index is 1190. The Morgan fingerprint density at radius 1 is 1.22 bits per heavy atom. The lowest BCUT2D eigenvalue weighted by Gasteiger charge is -2.25. The number of carbonyl (C=O) groups excluding carboxylic acids is 1. The minimum Gasteiger partial charge on any atom is -0.345 e. The van der Waals surface area contributed by atoms with E-state index in [2.05, 4.69) is 48.2 Å². The Balaban J connectivity index is 1.42. The van der Waals surface area contributed by atoms with Crippen LogP contribution in [0.3, 0.4) is 0 Å². The number of hydrogen-bond donors (Lipinski definition) is 2. The standard InChI is InChI=1S/C23H23BrN6OS/c24-16-6-4-15(5-7-16)21-22(25-10-2-12-29-11-1-3-20(29)31)28-23(32)30(21)17-8-9-18-19(13-17)27-14-26-18/h4-9,13-14,21H,1-3,10-12H2,(H,26,27)(H,25,28,32)/t21-/m1/s1. The number of aromatic amines is 1. The Morgan fingerprint density at radius 2 is 2.06 bits per heavy atom. The average molecular weight is 511 g/mol. The van der Waals surface area contributed by atoms with Crippen molar-refractivity contribution in [1.82, 2.24) is 20.2 Å². The molecule has 9 heteroatoms. The summed E-state index contributed by atoms with van der Waals surface area (Å²) in [6, 6.07) is 14.2. The molecule has 0 saturated carbocycles. The summed E-state index contributed by atoms with van der Waals surface area (Å²) >= 11 is 9.25. The molecule has 0 spiro atoms. The maximum absolute atomic E-state index is 11.8. The average Bonchev–Trinajstić information content (AvgIpc) is 3.50. The number of thiocarbonyl (C=S) groups is 1. The van der Waals surface area contributed by atoms with E-state index in [1.54, 1.807) is 6.33 Å². The van der Waals surface area contributed by atoms with Gasteiger partial charge in [-0.1, -0.05) is 28.1 Å². The van der Waals surface area contributed by atoms with Crippen LogP contribution >= 0.6 is 28.1 Å². The van der Waals surface area contributed by atoms with Crippen LogP contribution in [0.15, 0.2) is 58.3 Å². The number of aliphatic imine (C=N–C) groups is 1. The molecule has 0 bridgehead atoms. The number of aromatic nitrogens is 2. The number of amidine groups is 1. The Morgan fingerprint density at radius 3 is 2.84 bits per heavy atom. The molecule has 164 valence electrons. The van der Waals surface area contributed by atoms with Crippen molar-refractivity contribution in [3.63, 3.8) is 0 Å². The number of amides is 1. The van der Waals surface area contributed by atoms with Crippen LogP contribution in [0.2, 0.25) is 0 Å². The second-order valence-corrected chi connectivity index (χ2v) is 9.27. The van der Waals surface area contributed by atoms with Crippen LogP contribution in [0.1, 0.15) is 30.9 Å². The quantitative estimate of drug-likeness (QED) is 0.384. The van der Waals surface area contributed by atoms with Gasteiger partial charge in [-0.05, 0) is 61.0 Å². The van der Waals surface area contributed by atoms with Gasteiger partial charge in [0.05, 0.1) is 17.4 Å². The van der Waals surface area contributed by atoms with Crippen molar-refractivity contribution < 1.29 is 4.79 Å². The van der Waals surface area contributed by atoms with E-state index in [1.165, 1.54) is 0 Å². The van der Waals surface area contributed by atoms with Crippen molar-refractivity contribution in [2.24, 2.45) is 4.99 Å². The lowest BCUT2D eigenvalue weighted by atomic mass is 10.0. The minimum atomic E-state index is -0.152. The van der Waals surface area contributed by atoms with Gasteiger partial charge in [0.1, 0.15) is 11.9 Å². The van der Waals surface area contributed by atoms with E-state index in [-0.39, 0.29) is 11.9 Å². The predicted octanol–water partition coefficient (Wildman–Crippen LogP) is 4.17. The van der Waals surface area contributed by atoms with Crippen molar-refractivity contribution >= 4 is 61.7 Å². The number of nitrogens with zero attached hydrogens (tertiary/aromatic N) is 4. The number of H-pyrrole nitrogens is 1. The molecule has 2 aliphatic heterocycles. The maximum atomic E-state index is 11.8. The van der Waals surface area contributed by atoms with E-state index in [9.17, 15) is 4.79 Å². The molecule has 0 radical (unpaired) electrons. The SMILES string of the molecule is O=C1CCCN1CCC/N=C1\NC(=S)N(c2ccc3[nH]cnc3c2)[C@@H]1c1ccc(Br)cc1. The van der Waals surface area contributed by atoms with Crippen LogP contribution in [-0.4, -0.2) is 51.4 Å². The third-order valence-electron chi connectivity index (χ3n) is 5.88. The zero-order chi connectivity index (χ0) is 22.1. The monoisotopic (exact) mass is 510 g/mol. The van der Waals surface area contributed by atoms with Crippen LogP contribution in [0, 0.1) is 0 Å². The number of nitrogens with one attached hydrogen (secondary N) is 2. The Hall–Kier alpha value is -2.78. The molecule has 32 heavy (non-hydrogen) atoms. The fourth-order valence-electron chi connectivity index (χ4n) is 4.29. The smallest absolute Gasteiger partial charge is 0.222 e. The van der Waals surface area contributed by atoms with Crippen LogP contribution in [-0.2, 0) is 4.79 Å². The van der Waals surface area contributed by atoms with Crippen molar-refractivity contribution in [2.75, 3.05) is 24.5 Å². The van der Waals surface area contributed by atoms with Gasteiger partial charge in [0.2, 0.25) is 5.91 Å². The van der Waals surface area contributed by atoms with Crippen LogP contribution in [0.4, 0.5) is 5.69 Å². The van der Waals surface area contributed by atoms with E-state index in [4.69, 9.17) is 17.2 Å². The molecule has 3 heterocycles. The number of hydrogen-bond acceptors (Lipinski definition) is 4. The van der Waals surface area contributed by atoms with E-state index in [0.29, 0.717) is 18.1 Å². The van der Waals surface area contributed by atoms with Crippen molar-refractivity contribution in [3.05, 3.63) is 58.8 Å². The summed E-state index contributed by atoms with van der Waals surface area (Å²) in [5.74, 6) is 1.08. The summed E-state index contributed by atoms with van der Waals surface area (Å²) in [6.45, 7) is 2.25. The lowest BCUT2D eigenvalue weighted by Crippen LogP contribution is -2.29. The largest absolute Gasteiger partial charge is 0.345 e. The highest BCUT2D eigenvalue weighted by atomic mass is 79.9. The molecule has 0 unspecified atom stereocenters. The maximum Gasteiger partial charge on any atom is 0.222 e. The molecule has 1 amide bonds. The first-order chi connectivity index (χ1) is 15.6. The summed E-state index contributed by atoms with van der Waals surface area (Å²) in [6.07, 6.45) is 4.16. The van der Waals surface area contributed by atoms with Gasteiger partial charge in [-0.25, -0.2) is 4.98 Å². The Labute approximate surface area is 200 Å². The van der Waals surface area contributed by atoms with Gasteiger partial charge >= 0.3 is 0 Å². The highest BCUT2D eigenvalue weighted by molar-refractivity contribution is 9.10. The number of likely N-dealkylation sites (tertiary alicyclic amines) is 1. The minimum absolute atomic E-state index is 0.152. The van der Waals surface area contributed by atoms with Crippen LogP contribution in [0.25, 0.3) is 11.0 Å². The second-order valence-electron chi connectivity index (χ2n) is 7.96. The van der Waals surface area contributed by atoms with Crippen LogP contribution in [0.5, 0.6) is 0 Å². The van der Waals surface area contributed by atoms with E-state index >= 15 is 0 Å². The molecule has 2 fully saturated rings. The first kappa shape index (κ1) is 21.1. The molecule has 2 aliphatic rings. The molecule has 1 aromatic heterocycles. The summed E-state index contributed by atoms with van der Waals surface area (Å²) in [4.78, 5) is 28.3. The zero-order valence-electron chi connectivity index (χ0n) is 17.4. The van der Waals surface area contributed by atoms with Gasteiger partial charge in [-0.3, -0.25) is 9.79 Å². The number of halogens is 1. The molecule has 2 N–H and O–H groups in total. The van der Waals surface area contributed by atoms with Gasteiger partial charge in [-0.15, -0.1) is 0 Å². The molecular weight excluding hydrogens is 488 g/mol. The predicted molar refractivity (Wildman–Crippen MR) is 134 cm³/mol. The van der Waals surface area contributed by atoms with E-state index in [1.807, 2.05) is 35.2 Å². The highest BCUT2D eigenvalue weighted by Crippen LogP contribution is 2.34. The van der Waals surface area contributed by atoms with Crippen LogP contribution < -0.4 is 10.2 Å². The molecule has 2 aromatic carbocycles. The number of carbonyl (C=O) groups is 1. The van der Waals surface area contributed by atoms with Gasteiger partial charge in [0.25, 0.3) is 0 Å². The zero-order valence-corrected chi connectivity index (χ0v) is 19.8. The van der Waals surface area contributed by atoms with Crippen molar-refractivity contribution in [2.45, 2.75) is 25.3 Å². The fourth-order valence-corrected chi connectivity index (χ4v) is 4.87. The number of benzene rings is 2. The third kappa shape index (κ3) is 4.14. The molecule has 5 rings (SSSR count). The summed E-state index contributed by atoms with van der Waals surface area (Å²) in [7, 11) is 0. The summed E-state index contributed by atoms with van der Waals surface area (Å²) < 4.78 is 1.02. The molecule has 7 nitrogen and oxygen atoms in total. The number of rotatable bonds is 6. The number of anilines is 1. The van der Waals surface area contributed by atoms with Gasteiger partial charge in [-0.2, -0.15) is 0 Å². The lowest BCUT2D eigenvalue weighted by molar-refractivity contribution is -0.127. The number of imidazole rings is 1. The summed E-state index contributed by atoms with van der Waals surface area (Å²) in [5, 5.41) is 3.94. The summed E-state index contributed by atoms with van der Waals surface area (Å²) in [5.41, 5.74) is 3.93. The fraction of sp³-hybridized carbons (Fsp3) is 0.304. The molecule has 1 atom stereocenters. The second kappa shape index (κ2) is 8.99. The molecular formula is C23H23BrN6OS. The first-order valence-electron chi connectivity index (χ1n) is 10.7. The molecule has 3 aromatic rings. The highest BCUT2D eigenvalue weighted by Gasteiger charge is 2.36. The van der Waals surface area contributed by atoms with Crippen molar-refractivity contribution in [1.29, 1.82) is 0 Å².